The highest BCUT2D eigenvalue weighted by Gasteiger charge is 2.31. The Morgan fingerprint density at radius 1 is 1.13 bits per heavy atom. The van der Waals surface area contributed by atoms with Gasteiger partial charge in [0, 0.05) is 5.69 Å². The van der Waals surface area contributed by atoms with Crippen LogP contribution in [-0.2, 0) is 0 Å². The number of rotatable bonds is 2. The minimum atomic E-state index is -0.415. The van der Waals surface area contributed by atoms with Gasteiger partial charge in [0.1, 0.15) is 0 Å². The van der Waals surface area contributed by atoms with Crippen LogP contribution >= 0.6 is 0 Å². The van der Waals surface area contributed by atoms with Crippen LogP contribution in [0.5, 0.6) is 0 Å². The van der Waals surface area contributed by atoms with Crippen molar-refractivity contribution in [3.05, 3.63) is 59.4 Å². The lowest BCUT2D eigenvalue weighted by atomic mass is 9.88. The third kappa shape index (κ3) is 3.11. The lowest BCUT2D eigenvalue weighted by Crippen LogP contribution is -2.21. The van der Waals surface area contributed by atoms with Crippen LogP contribution in [0.25, 0.3) is 5.57 Å². The Morgan fingerprint density at radius 2 is 1.83 bits per heavy atom. The molecule has 3 rings (SSSR count). The maximum absolute atomic E-state index is 10.6. The van der Waals surface area contributed by atoms with Crippen LogP contribution in [0.15, 0.2) is 42.5 Å². The van der Waals surface area contributed by atoms with E-state index in [9.17, 15) is 5.11 Å². The SMILES string of the molecule is Cc1cc(C)n(C2C[C@@H](C)[C@@H](C)[C@H](O)C=C2c2ccccc2)n1. The van der Waals surface area contributed by atoms with Gasteiger partial charge >= 0.3 is 0 Å². The number of allylic oxidation sites excluding steroid dienone is 1. The second kappa shape index (κ2) is 6.32. The summed E-state index contributed by atoms with van der Waals surface area (Å²) in [6, 6.07) is 12.7. The third-order valence-electron chi connectivity index (χ3n) is 5.19. The predicted octanol–water partition coefficient (Wildman–Crippen LogP) is 4.16. The lowest BCUT2D eigenvalue weighted by Gasteiger charge is -2.25. The van der Waals surface area contributed by atoms with Crippen molar-refractivity contribution >= 4 is 5.57 Å². The van der Waals surface area contributed by atoms with Crippen LogP contribution in [0.4, 0.5) is 0 Å². The molecule has 1 N–H and O–H groups in total. The molecule has 122 valence electrons. The summed E-state index contributed by atoms with van der Waals surface area (Å²) in [5.41, 5.74) is 4.57. The molecule has 0 fully saturated rings. The topological polar surface area (TPSA) is 38.0 Å². The minimum Gasteiger partial charge on any atom is -0.389 e. The lowest BCUT2D eigenvalue weighted by molar-refractivity contribution is 0.126. The number of hydrogen-bond acceptors (Lipinski definition) is 2. The standard InChI is InChI=1S/C20H26N2O/c1-13-10-19(22-15(3)11-14(2)21-22)18(12-20(23)16(13)4)17-8-6-5-7-9-17/h5-9,11-13,16,19-20,23H,10H2,1-4H3/t13-,16-,19?,20-/m1/s1. The molecule has 1 aromatic heterocycles. The Hall–Kier alpha value is -1.87. The zero-order chi connectivity index (χ0) is 16.6. The van der Waals surface area contributed by atoms with E-state index >= 15 is 0 Å². The fourth-order valence-corrected chi connectivity index (χ4v) is 3.59. The third-order valence-corrected chi connectivity index (χ3v) is 5.19. The van der Waals surface area contributed by atoms with Crippen molar-refractivity contribution in [3.63, 3.8) is 0 Å². The van der Waals surface area contributed by atoms with Crippen LogP contribution in [0.1, 0.15) is 43.3 Å². The first-order chi connectivity index (χ1) is 11.0. The zero-order valence-corrected chi connectivity index (χ0v) is 14.4. The molecule has 3 nitrogen and oxygen atoms in total. The summed E-state index contributed by atoms with van der Waals surface area (Å²) in [4.78, 5) is 0. The molecule has 0 bridgehead atoms. The fourth-order valence-electron chi connectivity index (χ4n) is 3.59. The molecule has 4 atom stereocenters. The molecule has 2 aromatic rings. The predicted molar refractivity (Wildman–Crippen MR) is 94.1 cm³/mol. The van der Waals surface area contributed by atoms with E-state index in [0.29, 0.717) is 5.92 Å². The maximum atomic E-state index is 10.6. The van der Waals surface area contributed by atoms with Crippen molar-refractivity contribution in [3.8, 4) is 0 Å². The summed E-state index contributed by atoms with van der Waals surface area (Å²) in [6.45, 7) is 8.51. The summed E-state index contributed by atoms with van der Waals surface area (Å²) in [5, 5.41) is 15.3. The average Bonchev–Trinajstić information content (AvgIpc) is 2.83. The van der Waals surface area contributed by atoms with E-state index in [4.69, 9.17) is 5.10 Å². The van der Waals surface area contributed by atoms with Crippen LogP contribution in [0, 0.1) is 25.7 Å². The Bertz CT molecular complexity index is 702. The van der Waals surface area contributed by atoms with Gasteiger partial charge in [-0.1, -0.05) is 44.2 Å². The highest BCUT2D eigenvalue weighted by molar-refractivity contribution is 5.69. The second-order valence-corrected chi connectivity index (χ2v) is 6.94. The van der Waals surface area contributed by atoms with Crippen LogP contribution in [0.3, 0.4) is 0 Å². The quantitative estimate of drug-likeness (QED) is 0.904. The monoisotopic (exact) mass is 310 g/mol. The molecule has 1 unspecified atom stereocenters. The van der Waals surface area contributed by atoms with Gasteiger partial charge in [0.2, 0.25) is 0 Å². The van der Waals surface area contributed by atoms with Crippen LogP contribution < -0.4 is 0 Å². The molecule has 0 saturated carbocycles. The van der Waals surface area contributed by atoms with Crippen molar-refractivity contribution in [2.24, 2.45) is 11.8 Å². The number of aliphatic hydroxyl groups excluding tert-OH is 1. The molecule has 0 amide bonds. The maximum Gasteiger partial charge on any atom is 0.0777 e. The number of nitrogens with zero attached hydrogens (tertiary/aromatic N) is 2. The van der Waals surface area contributed by atoms with Crippen molar-refractivity contribution in [2.45, 2.75) is 46.3 Å². The van der Waals surface area contributed by atoms with Gasteiger partial charge in [0.25, 0.3) is 0 Å². The first-order valence-corrected chi connectivity index (χ1v) is 8.45. The summed E-state index contributed by atoms with van der Waals surface area (Å²) in [5.74, 6) is 0.673. The van der Waals surface area contributed by atoms with Gasteiger partial charge in [-0.3, -0.25) is 4.68 Å². The Balaban J connectivity index is 2.12. The summed E-state index contributed by atoms with van der Waals surface area (Å²) >= 11 is 0. The molecular weight excluding hydrogens is 284 g/mol. The van der Waals surface area contributed by atoms with E-state index in [1.165, 1.54) is 16.8 Å². The van der Waals surface area contributed by atoms with E-state index in [-0.39, 0.29) is 12.0 Å². The Morgan fingerprint density at radius 3 is 2.43 bits per heavy atom. The molecule has 3 heteroatoms. The van der Waals surface area contributed by atoms with Gasteiger partial charge < -0.3 is 5.11 Å². The molecule has 0 aliphatic heterocycles. The molecule has 0 spiro atoms. The highest BCUT2D eigenvalue weighted by Crippen LogP contribution is 2.40. The molecule has 1 aliphatic rings. The van der Waals surface area contributed by atoms with Gasteiger partial charge in [-0.25, -0.2) is 0 Å². The highest BCUT2D eigenvalue weighted by atomic mass is 16.3. The molecule has 1 heterocycles. The van der Waals surface area contributed by atoms with Crippen molar-refractivity contribution in [1.29, 1.82) is 0 Å². The number of aryl methyl sites for hydroxylation is 2. The van der Waals surface area contributed by atoms with Gasteiger partial charge in [-0.05, 0) is 55.4 Å². The molecule has 23 heavy (non-hydrogen) atoms. The van der Waals surface area contributed by atoms with Crippen molar-refractivity contribution in [1.82, 2.24) is 9.78 Å². The largest absolute Gasteiger partial charge is 0.389 e. The van der Waals surface area contributed by atoms with Crippen molar-refractivity contribution < 1.29 is 5.11 Å². The molecule has 0 saturated heterocycles. The van der Waals surface area contributed by atoms with E-state index in [1.807, 2.05) is 19.1 Å². The number of aromatic nitrogens is 2. The van der Waals surface area contributed by atoms with E-state index in [2.05, 4.69) is 55.8 Å². The Kier molecular flexibility index (Phi) is 4.40. The van der Waals surface area contributed by atoms with Gasteiger partial charge in [0.15, 0.2) is 0 Å². The molecular formula is C20H26N2O. The van der Waals surface area contributed by atoms with Crippen molar-refractivity contribution in [2.75, 3.05) is 0 Å². The van der Waals surface area contributed by atoms with Crippen LogP contribution in [0.2, 0.25) is 0 Å². The first-order valence-electron chi connectivity index (χ1n) is 8.45. The van der Waals surface area contributed by atoms with Crippen LogP contribution in [-0.4, -0.2) is 21.0 Å². The number of aliphatic hydroxyl groups is 1. The normalized spacial score (nSPS) is 28.3. The molecule has 1 aliphatic carbocycles. The molecule has 0 radical (unpaired) electrons. The first kappa shape index (κ1) is 16.0. The summed E-state index contributed by atoms with van der Waals surface area (Å²) in [7, 11) is 0. The summed E-state index contributed by atoms with van der Waals surface area (Å²) in [6.07, 6.45) is 2.62. The average molecular weight is 310 g/mol. The number of benzene rings is 1. The van der Waals surface area contributed by atoms with E-state index < -0.39 is 6.10 Å². The van der Waals surface area contributed by atoms with E-state index in [0.717, 1.165) is 12.1 Å². The zero-order valence-electron chi connectivity index (χ0n) is 14.4. The molecule has 1 aromatic carbocycles. The fraction of sp³-hybridized carbons (Fsp3) is 0.450. The van der Waals surface area contributed by atoms with Gasteiger partial charge in [-0.15, -0.1) is 0 Å². The number of hydrogen-bond donors (Lipinski definition) is 1. The van der Waals surface area contributed by atoms with Gasteiger partial charge in [-0.2, -0.15) is 5.10 Å². The Labute approximate surface area is 138 Å². The van der Waals surface area contributed by atoms with Gasteiger partial charge in [0.05, 0.1) is 17.8 Å². The smallest absolute Gasteiger partial charge is 0.0777 e. The van der Waals surface area contributed by atoms with E-state index in [1.54, 1.807) is 0 Å². The second-order valence-electron chi connectivity index (χ2n) is 6.94. The summed E-state index contributed by atoms with van der Waals surface area (Å²) < 4.78 is 2.13. The minimum absolute atomic E-state index is 0.167.